The summed E-state index contributed by atoms with van der Waals surface area (Å²) in [6, 6.07) is 2.75. The number of aromatic hydroxyl groups is 1. The zero-order valence-corrected chi connectivity index (χ0v) is 19.9. The van der Waals surface area contributed by atoms with Gasteiger partial charge in [-0.15, -0.1) is 0 Å². The second kappa shape index (κ2) is 12.4. The predicted molar refractivity (Wildman–Crippen MR) is 120 cm³/mol. The number of hydrogen-bond acceptors (Lipinski definition) is 14. The lowest BCUT2D eigenvalue weighted by Crippen LogP contribution is -2.93. The molecule has 0 amide bonds. The average molecular weight is 534 g/mol. The third kappa shape index (κ3) is 6.35. The predicted octanol–water partition coefficient (Wildman–Crippen LogP) is -5.23. The molecule has 15 heteroatoms. The fraction of sp³-hybridized carbons (Fsp3) is 0.636. The van der Waals surface area contributed by atoms with Crippen LogP contribution in [0.4, 0.5) is 5.69 Å². The lowest BCUT2D eigenvalue weighted by Gasteiger charge is -2.41. The van der Waals surface area contributed by atoms with Crippen molar-refractivity contribution >= 4 is 17.6 Å². The molecule has 2 heterocycles. The van der Waals surface area contributed by atoms with Crippen LogP contribution in [0, 0.1) is 5.92 Å². The van der Waals surface area contributed by atoms with Gasteiger partial charge < -0.3 is 65.7 Å². The van der Waals surface area contributed by atoms with Crippen LogP contribution in [0.15, 0.2) is 18.2 Å². The van der Waals surface area contributed by atoms with E-state index in [1.165, 1.54) is 6.07 Å². The van der Waals surface area contributed by atoms with Gasteiger partial charge in [-0.05, 0) is 18.2 Å². The molecule has 4 unspecified atom stereocenters. The first-order valence-corrected chi connectivity index (χ1v) is 11.5. The van der Waals surface area contributed by atoms with Crippen LogP contribution in [0.3, 0.4) is 0 Å². The van der Waals surface area contributed by atoms with Gasteiger partial charge in [-0.3, -0.25) is 0 Å². The largest absolute Gasteiger partial charge is 0.507 e. The molecule has 15 nitrogen and oxygen atoms in total. The molecule has 2 saturated heterocycles. The number of aliphatic hydroxyl groups excluding tert-OH is 6. The van der Waals surface area contributed by atoms with Gasteiger partial charge in [0.2, 0.25) is 6.29 Å². The highest BCUT2D eigenvalue weighted by Gasteiger charge is 2.49. The zero-order valence-electron chi connectivity index (χ0n) is 19.9. The normalized spacial score (nSPS) is 36.2. The molecule has 2 fully saturated rings. The molecule has 11 N–H and O–H groups in total. The number of esters is 2. The van der Waals surface area contributed by atoms with E-state index < -0.39 is 97.4 Å². The van der Waals surface area contributed by atoms with Gasteiger partial charge in [-0.1, -0.05) is 0 Å². The molecule has 1 aromatic rings. The van der Waals surface area contributed by atoms with Crippen LogP contribution in [0.2, 0.25) is 0 Å². The Labute approximate surface area is 210 Å². The summed E-state index contributed by atoms with van der Waals surface area (Å²) in [6.07, 6.45) is -12.2. The minimum Gasteiger partial charge on any atom is -0.507 e. The monoisotopic (exact) mass is 533 g/mol. The maximum absolute atomic E-state index is 12.6. The van der Waals surface area contributed by atoms with Crippen molar-refractivity contribution in [3.8, 4) is 5.75 Å². The van der Waals surface area contributed by atoms with Gasteiger partial charge >= 0.3 is 11.9 Å². The Hall–Kier alpha value is -2.44. The minimum atomic E-state index is -1.96. The van der Waals surface area contributed by atoms with Gasteiger partial charge in [-0.2, -0.15) is 0 Å². The summed E-state index contributed by atoms with van der Waals surface area (Å²) in [5.74, 6) is -3.98. The van der Waals surface area contributed by atoms with Gasteiger partial charge in [0.1, 0.15) is 41.8 Å². The van der Waals surface area contributed by atoms with Crippen LogP contribution in [0.5, 0.6) is 5.75 Å². The van der Waals surface area contributed by atoms with Crippen molar-refractivity contribution in [1.29, 1.82) is 0 Å². The zero-order chi connectivity index (χ0) is 27.4. The fourth-order valence-electron chi connectivity index (χ4n) is 4.32. The summed E-state index contributed by atoms with van der Waals surface area (Å²) >= 11 is 0. The third-order valence-corrected chi connectivity index (χ3v) is 6.49. The SMILES string of the molecule is C[NH2+]C1[C@H](O)OC(CO)[C@H](COC[C@@H]2OC(C(=O)OC(=O)c3cc(N)ccc3O)[C@H](O)[C@H](O)C2O)[C@@H]1O. The van der Waals surface area contributed by atoms with E-state index >= 15 is 0 Å². The number of quaternary nitrogens is 1. The highest BCUT2D eigenvalue weighted by Crippen LogP contribution is 2.27. The number of anilines is 1. The van der Waals surface area contributed by atoms with Gasteiger partial charge in [0, 0.05) is 11.6 Å². The number of nitrogen functional groups attached to an aromatic ring is 1. The lowest BCUT2D eigenvalue weighted by atomic mass is 9.88. The molecule has 0 aliphatic carbocycles. The number of carbonyl (C=O) groups is 2. The van der Waals surface area contributed by atoms with Crippen molar-refractivity contribution in [3.05, 3.63) is 23.8 Å². The maximum atomic E-state index is 12.6. The molecule has 2 aliphatic heterocycles. The summed E-state index contributed by atoms with van der Waals surface area (Å²) in [5, 5.41) is 72.2. The van der Waals surface area contributed by atoms with Crippen LogP contribution in [-0.2, 0) is 23.7 Å². The van der Waals surface area contributed by atoms with Crippen molar-refractivity contribution in [3.63, 3.8) is 0 Å². The molecule has 3 rings (SSSR count). The number of nitrogens with two attached hydrogens (primary N) is 2. The smallest absolute Gasteiger partial charge is 0.349 e. The van der Waals surface area contributed by atoms with Crippen molar-refractivity contribution in [2.45, 2.75) is 55.1 Å². The maximum Gasteiger partial charge on any atom is 0.349 e. The molecule has 37 heavy (non-hydrogen) atoms. The Bertz CT molecular complexity index is 949. The number of phenols is 1. The second-order valence-electron chi connectivity index (χ2n) is 8.90. The molecule has 10 atom stereocenters. The number of carbonyl (C=O) groups excluding carboxylic acids is 2. The topological polar surface area (TPSA) is 255 Å². The Balaban J connectivity index is 1.63. The third-order valence-electron chi connectivity index (χ3n) is 6.49. The first-order chi connectivity index (χ1) is 17.5. The molecule has 0 bridgehead atoms. The van der Waals surface area contributed by atoms with E-state index in [2.05, 4.69) is 4.74 Å². The Morgan fingerprint density at radius 3 is 2.35 bits per heavy atom. The van der Waals surface area contributed by atoms with Crippen molar-refractivity contribution < 1.29 is 69.6 Å². The Kier molecular flexibility index (Phi) is 9.76. The summed E-state index contributed by atoms with van der Waals surface area (Å²) in [7, 11) is 1.62. The molecule has 0 saturated carbocycles. The minimum absolute atomic E-state index is 0.108. The van der Waals surface area contributed by atoms with Crippen LogP contribution < -0.4 is 11.1 Å². The number of benzene rings is 1. The molecule has 0 aromatic heterocycles. The number of rotatable bonds is 8. The lowest BCUT2D eigenvalue weighted by molar-refractivity contribution is -0.694. The number of hydrogen-bond donors (Lipinski definition) is 9. The van der Waals surface area contributed by atoms with Crippen molar-refractivity contribution in [2.24, 2.45) is 5.92 Å². The van der Waals surface area contributed by atoms with E-state index in [4.69, 9.17) is 19.9 Å². The molecule has 208 valence electrons. The molecule has 2 aliphatic rings. The van der Waals surface area contributed by atoms with Crippen molar-refractivity contribution in [1.82, 2.24) is 0 Å². The van der Waals surface area contributed by atoms with Gasteiger partial charge in [0.05, 0.1) is 33.0 Å². The van der Waals surface area contributed by atoms with Crippen LogP contribution in [0.1, 0.15) is 10.4 Å². The first-order valence-electron chi connectivity index (χ1n) is 11.5. The van der Waals surface area contributed by atoms with Gasteiger partial charge in [0.25, 0.3) is 0 Å². The highest BCUT2D eigenvalue weighted by molar-refractivity contribution is 6.00. The fourth-order valence-corrected chi connectivity index (χ4v) is 4.32. The number of likely N-dealkylation sites (N-methyl/N-ethyl adjacent to an activating group) is 1. The highest BCUT2D eigenvalue weighted by atomic mass is 16.6. The van der Waals surface area contributed by atoms with Crippen LogP contribution in [-0.4, -0.2) is 130 Å². The van der Waals surface area contributed by atoms with E-state index in [-0.39, 0.29) is 12.3 Å². The van der Waals surface area contributed by atoms with E-state index in [1.807, 2.05) is 0 Å². The Morgan fingerprint density at radius 1 is 1.00 bits per heavy atom. The number of aliphatic hydroxyl groups is 6. The standard InChI is InChI=1S/C22H32N2O13/c1-24-14-15(27)10(12(5-25)36-21(14)32)6-34-7-13-16(28)17(29)18(30)19(35-13)22(33)37-20(31)9-4-8(23)2-3-11(9)26/h2-4,10,12-19,21,24-30,32H,5-7,23H2,1H3/p+1/t10-,12?,13-,14?,15-,16?,17+,18+,19?,21+/m0/s1. The summed E-state index contributed by atoms with van der Waals surface area (Å²) in [5.41, 5.74) is 5.26. The average Bonchev–Trinajstić information content (AvgIpc) is 2.86. The quantitative estimate of drug-likeness (QED) is 0.0655. The van der Waals surface area contributed by atoms with E-state index in [9.17, 15) is 45.3 Å². The molecule has 0 spiro atoms. The Morgan fingerprint density at radius 2 is 1.70 bits per heavy atom. The summed E-state index contributed by atoms with van der Waals surface area (Å²) in [6.45, 7) is -1.18. The molecule has 1 aromatic carbocycles. The van der Waals surface area contributed by atoms with Crippen molar-refractivity contribution in [2.75, 3.05) is 32.6 Å². The summed E-state index contributed by atoms with van der Waals surface area (Å²) in [4.78, 5) is 24.9. The summed E-state index contributed by atoms with van der Waals surface area (Å²) < 4.78 is 20.9. The van der Waals surface area contributed by atoms with Gasteiger partial charge in [-0.25, -0.2) is 9.59 Å². The second-order valence-corrected chi connectivity index (χ2v) is 8.90. The molecule has 0 radical (unpaired) electrons. The van der Waals surface area contributed by atoms with Crippen LogP contribution >= 0.6 is 0 Å². The number of phenolic OH excluding ortho intramolecular Hbond substituents is 1. The van der Waals surface area contributed by atoms with E-state index in [0.29, 0.717) is 0 Å². The van der Waals surface area contributed by atoms with E-state index in [1.54, 1.807) is 12.4 Å². The first kappa shape index (κ1) is 29.1. The van der Waals surface area contributed by atoms with Crippen LogP contribution in [0.25, 0.3) is 0 Å². The molecular formula is C22H33N2O13+. The number of ether oxygens (including phenoxy) is 4. The molecular weight excluding hydrogens is 500 g/mol. The van der Waals surface area contributed by atoms with E-state index in [0.717, 1.165) is 12.1 Å². The van der Waals surface area contributed by atoms with Gasteiger partial charge in [0.15, 0.2) is 12.1 Å².